The monoisotopic (exact) mass is 558 g/mol. The van der Waals surface area contributed by atoms with Gasteiger partial charge in [-0.05, 0) is 44.8 Å². The Hall–Kier alpha value is -3.84. The van der Waals surface area contributed by atoms with Gasteiger partial charge in [-0.25, -0.2) is 10.9 Å². The van der Waals surface area contributed by atoms with Crippen LogP contribution < -0.4 is 0 Å². The molecule has 0 atom stereocenters. The van der Waals surface area contributed by atoms with Crippen molar-refractivity contribution in [1.82, 2.24) is 0 Å². The molecule has 5 aromatic rings. The number of rotatable bonds is 5. The SMILES string of the molecule is O=C(O)c1c(-c2ccccc2)cc2c(-c3ccccc3)c(-c3ccccc3)ccc2c1I(=O)=O. The van der Waals surface area contributed by atoms with Gasteiger partial charge in [0.25, 0.3) is 0 Å². The lowest BCUT2D eigenvalue weighted by molar-refractivity contribution is 0.0696. The summed E-state index contributed by atoms with van der Waals surface area (Å²) >= 11 is -4.21. The van der Waals surface area contributed by atoms with E-state index in [1.165, 1.54) is 0 Å². The highest BCUT2D eigenvalue weighted by molar-refractivity contribution is 14.2. The predicted octanol–water partition coefficient (Wildman–Crippen LogP) is 7.91. The first-order valence-corrected chi connectivity index (χ1v) is 13.5. The van der Waals surface area contributed by atoms with Crippen LogP contribution in [0.5, 0.6) is 0 Å². The second-order valence-corrected chi connectivity index (χ2v) is 10.1. The zero-order chi connectivity index (χ0) is 23.7. The van der Waals surface area contributed by atoms with Crippen LogP contribution in [-0.2, 0) is 6.14 Å². The molecule has 0 amide bonds. The van der Waals surface area contributed by atoms with E-state index in [4.69, 9.17) is 0 Å². The molecule has 0 heterocycles. The largest absolute Gasteiger partial charge is 0.478 e. The van der Waals surface area contributed by atoms with Gasteiger partial charge in [0.2, 0.25) is 0 Å². The average Bonchev–Trinajstić information content (AvgIpc) is 2.88. The average molecular weight is 558 g/mol. The number of halogens is 1. The minimum absolute atomic E-state index is 0.0788. The topological polar surface area (TPSA) is 71.4 Å². The first-order chi connectivity index (χ1) is 16.6. The minimum Gasteiger partial charge on any atom is -0.478 e. The fraction of sp³-hybridized carbons (Fsp3) is 0. The van der Waals surface area contributed by atoms with Gasteiger partial charge >= 0.3 is 25.8 Å². The van der Waals surface area contributed by atoms with E-state index in [9.17, 15) is 16.0 Å². The zero-order valence-corrected chi connectivity index (χ0v) is 20.1. The number of hydrogen-bond donors (Lipinski definition) is 1. The number of fused-ring (bicyclic) bond motifs is 1. The van der Waals surface area contributed by atoms with Crippen LogP contribution in [0.4, 0.5) is 0 Å². The molecule has 0 aliphatic rings. The zero-order valence-electron chi connectivity index (χ0n) is 17.9. The molecule has 34 heavy (non-hydrogen) atoms. The molecule has 5 heteroatoms. The lowest BCUT2D eigenvalue weighted by Gasteiger charge is -2.18. The van der Waals surface area contributed by atoms with Crippen molar-refractivity contribution in [3.05, 3.63) is 118 Å². The minimum atomic E-state index is -4.21. The maximum atomic E-state index is 12.6. The molecule has 4 nitrogen and oxygen atoms in total. The van der Waals surface area contributed by atoms with Crippen LogP contribution in [0.3, 0.4) is 0 Å². The Labute approximate surface area is 203 Å². The van der Waals surface area contributed by atoms with Crippen molar-refractivity contribution >= 4 is 36.5 Å². The Morgan fingerprint density at radius 2 is 1.09 bits per heavy atom. The van der Waals surface area contributed by atoms with Crippen LogP contribution in [0.2, 0.25) is 0 Å². The van der Waals surface area contributed by atoms with Gasteiger partial charge in [-0.3, -0.25) is 0 Å². The smallest absolute Gasteiger partial charge is 0.342 e. The van der Waals surface area contributed by atoms with Crippen LogP contribution >= 0.6 is 19.8 Å². The first kappa shape index (κ1) is 22.0. The Bertz CT molecular complexity index is 1580. The third-order valence-electron chi connectivity index (χ3n) is 5.86. The summed E-state index contributed by atoms with van der Waals surface area (Å²) in [7, 11) is 0. The van der Waals surface area contributed by atoms with Gasteiger partial charge in [0, 0.05) is 5.39 Å². The van der Waals surface area contributed by atoms with Gasteiger partial charge in [0.1, 0.15) is 0 Å². The molecule has 5 aromatic carbocycles. The summed E-state index contributed by atoms with van der Waals surface area (Å²) in [5.74, 6) is -1.25. The maximum absolute atomic E-state index is 12.6. The van der Waals surface area contributed by atoms with E-state index in [0.29, 0.717) is 21.9 Å². The van der Waals surface area contributed by atoms with E-state index < -0.39 is 25.8 Å². The molecular weight excluding hydrogens is 539 g/mol. The molecular formula is C29H19IO4. The van der Waals surface area contributed by atoms with Crippen molar-refractivity contribution in [3.8, 4) is 33.4 Å². The summed E-state index contributed by atoms with van der Waals surface area (Å²) in [6.07, 6.45) is 0. The molecule has 166 valence electrons. The van der Waals surface area contributed by atoms with E-state index in [2.05, 4.69) is 0 Å². The van der Waals surface area contributed by atoms with Crippen molar-refractivity contribution in [2.45, 2.75) is 0 Å². The summed E-state index contributed by atoms with van der Waals surface area (Å²) in [4.78, 5) is 12.4. The van der Waals surface area contributed by atoms with E-state index in [-0.39, 0.29) is 9.13 Å². The second kappa shape index (κ2) is 9.19. The number of hydrogen-bond acceptors (Lipinski definition) is 3. The highest BCUT2D eigenvalue weighted by Gasteiger charge is 2.25. The molecule has 0 unspecified atom stereocenters. The predicted molar refractivity (Wildman–Crippen MR) is 141 cm³/mol. The lowest BCUT2D eigenvalue weighted by atomic mass is 9.87. The number of carbonyl (C=O) groups is 1. The fourth-order valence-electron chi connectivity index (χ4n) is 4.42. The van der Waals surface area contributed by atoms with E-state index in [1.807, 2.05) is 91.0 Å². The van der Waals surface area contributed by atoms with Gasteiger partial charge in [-0.15, -0.1) is 0 Å². The molecule has 1 N–H and O–H groups in total. The van der Waals surface area contributed by atoms with Gasteiger partial charge in [-0.2, -0.15) is 0 Å². The molecule has 0 bridgehead atoms. The third kappa shape index (κ3) is 3.88. The Kier molecular flexibility index (Phi) is 5.94. The Morgan fingerprint density at radius 3 is 1.59 bits per heavy atom. The van der Waals surface area contributed by atoms with Crippen molar-refractivity contribution in [1.29, 1.82) is 0 Å². The molecule has 0 radical (unpaired) electrons. The molecule has 0 saturated heterocycles. The highest BCUT2D eigenvalue weighted by Crippen LogP contribution is 2.44. The van der Waals surface area contributed by atoms with Crippen LogP contribution in [0.25, 0.3) is 44.2 Å². The number of benzene rings is 5. The van der Waals surface area contributed by atoms with Gasteiger partial charge in [0.05, 0.1) is 9.13 Å². The summed E-state index contributed by atoms with van der Waals surface area (Å²) in [6, 6.07) is 34.2. The molecule has 0 spiro atoms. The Morgan fingerprint density at radius 1 is 0.588 bits per heavy atom. The molecule has 0 fully saturated rings. The van der Waals surface area contributed by atoms with Crippen LogP contribution in [0, 0.1) is 3.57 Å². The van der Waals surface area contributed by atoms with E-state index in [1.54, 1.807) is 18.2 Å². The van der Waals surface area contributed by atoms with Crippen molar-refractivity contribution in [2.24, 2.45) is 0 Å². The lowest BCUT2D eigenvalue weighted by Crippen LogP contribution is -2.05. The summed E-state index contributed by atoms with van der Waals surface area (Å²) < 4.78 is 25.1. The summed E-state index contributed by atoms with van der Waals surface area (Å²) in [5.41, 5.74) is 4.63. The highest BCUT2D eigenvalue weighted by atomic mass is 127. The number of carboxylic acid groups (broad SMARTS) is 1. The van der Waals surface area contributed by atoms with Gasteiger partial charge in [-0.1, -0.05) is 103 Å². The normalized spacial score (nSPS) is 11.1. The molecule has 5 rings (SSSR count). The molecule has 0 aromatic heterocycles. The second-order valence-electron chi connectivity index (χ2n) is 7.82. The summed E-state index contributed by atoms with van der Waals surface area (Å²) in [5, 5.41) is 11.2. The molecule has 0 aliphatic carbocycles. The van der Waals surface area contributed by atoms with Gasteiger partial charge in [0.15, 0.2) is 0 Å². The van der Waals surface area contributed by atoms with Gasteiger partial charge < -0.3 is 5.11 Å². The quantitative estimate of drug-likeness (QED) is 0.223. The van der Waals surface area contributed by atoms with E-state index >= 15 is 0 Å². The fourth-order valence-corrected chi connectivity index (χ4v) is 6.33. The van der Waals surface area contributed by atoms with Crippen molar-refractivity contribution in [3.63, 3.8) is 0 Å². The van der Waals surface area contributed by atoms with Crippen LogP contribution in [0.1, 0.15) is 10.4 Å². The van der Waals surface area contributed by atoms with Crippen LogP contribution in [0.15, 0.2) is 109 Å². The first-order valence-electron chi connectivity index (χ1n) is 10.6. The van der Waals surface area contributed by atoms with Crippen molar-refractivity contribution < 1.29 is 16.0 Å². The standard InChI is InChI=1S/C29H19IO4/c31-29(32)27-24(20-12-6-2-7-13-20)18-25-23(28(27)30(33)34)17-16-22(19-10-4-1-5-11-19)26(25)21-14-8-3-9-15-21/h1-18H,(H,31,32). The third-order valence-corrected chi connectivity index (χ3v) is 7.86. The molecule has 0 saturated carbocycles. The van der Waals surface area contributed by atoms with Crippen LogP contribution in [-0.4, -0.2) is 11.1 Å². The Balaban J connectivity index is 2.01. The van der Waals surface area contributed by atoms with E-state index in [0.717, 1.165) is 22.3 Å². The maximum Gasteiger partial charge on any atom is 0.342 e. The number of carboxylic acids is 1. The summed E-state index contributed by atoms with van der Waals surface area (Å²) in [6.45, 7) is 0. The number of aromatic carboxylic acids is 1. The van der Waals surface area contributed by atoms with Crippen molar-refractivity contribution in [2.75, 3.05) is 0 Å². The molecule has 0 aliphatic heterocycles.